The first-order chi connectivity index (χ1) is 3.58. The van der Waals surface area contributed by atoms with Crippen LogP contribution in [0.25, 0.3) is 0 Å². The van der Waals surface area contributed by atoms with Crippen LogP contribution in [0.3, 0.4) is 0 Å². The summed E-state index contributed by atoms with van der Waals surface area (Å²) in [5, 5.41) is 2.58. The maximum absolute atomic E-state index is 9.91. The van der Waals surface area contributed by atoms with Gasteiger partial charge in [-0.1, -0.05) is 0 Å². The molecule has 1 unspecified atom stereocenters. The second-order valence-corrected chi connectivity index (χ2v) is 2.68. The van der Waals surface area contributed by atoms with Gasteiger partial charge in [-0.3, -0.25) is 9.84 Å². The van der Waals surface area contributed by atoms with Gasteiger partial charge in [-0.15, -0.1) is 0 Å². The zero-order chi connectivity index (χ0) is 6.20. The second-order valence-electron chi connectivity index (χ2n) is 1.49. The van der Waals surface area contributed by atoms with Crippen molar-refractivity contribution >= 4 is 7.82 Å². The Morgan fingerprint density at radius 2 is 2.25 bits per heavy atom. The van der Waals surface area contributed by atoms with Gasteiger partial charge >= 0.3 is 7.82 Å². The van der Waals surface area contributed by atoms with E-state index in [4.69, 9.17) is 9.79 Å². The molecule has 1 saturated heterocycles. The quantitative estimate of drug-likeness (QED) is 0.338. The first-order valence-electron chi connectivity index (χ1n) is 2.05. The average molecular weight is 139 g/mol. The van der Waals surface area contributed by atoms with E-state index in [1.165, 1.54) is 0 Å². The molecule has 3 N–H and O–H groups in total. The molecular weight excluding hydrogens is 133 g/mol. The lowest BCUT2D eigenvalue weighted by Gasteiger charge is -1.99. The summed E-state index contributed by atoms with van der Waals surface area (Å²) in [7, 11) is -4.22. The Bertz CT molecular complexity index is 126. The standard InChI is InChI=1S/C2H6NO4P/c4-8(5,6)7-2-1-3-2/h2-3H,1H2,(H2,4,5,6). The third kappa shape index (κ3) is 2.40. The molecule has 0 radical (unpaired) electrons. The lowest BCUT2D eigenvalue weighted by molar-refractivity contribution is 0.186. The van der Waals surface area contributed by atoms with Gasteiger partial charge in [0.2, 0.25) is 0 Å². The molecule has 1 rings (SSSR count). The topological polar surface area (TPSA) is 88.7 Å². The van der Waals surface area contributed by atoms with Crippen LogP contribution in [0.15, 0.2) is 0 Å². The van der Waals surface area contributed by atoms with Crippen molar-refractivity contribution in [1.29, 1.82) is 0 Å². The molecule has 1 heterocycles. The van der Waals surface area contributed by atoms with Crippen molar-refractivity contribution in [3.8, 4) is 0 Å². The summed E-state index contributed by atoms with van der Waals surface area (Å²) in [6.07, 6.45) is -0.421. The van der Waals surface area contributed by atoms with Crippen LogP contribution < -0.4 is 5.32 Å². The van der Waals surface area contributed by atoms with Crippen LogP contribution in [0.1, 0.15) is 0 Å². The highest BCUT2D eigenvalue weighted by Crippen LogP contribution is 2.38. The SMILES string of the molecule is O=P(O)(O)OC1CN1. The van der Waals surface area contributed by atoms with Gasteiger partial charge in [-0.25, -0.2) is 4.57 Å². The van der Waals surface area contributed by atoms with Crippen LogP contribution in [0, 0.1) is 0 Å². The average Bonchev–Trinajstić information content (AvgIpc) is 2.12. The number of phosphoric acid groups is 1. The number of phosphoric ester groups is 1. The van der Waals surface area contributed by atoms with Gasteiger partial charge in [0.1, 0.15) is 6.23 Å². The number of rotatable bonds is 2. The van der Waals surface area contributed by atoms with Crippen LogP contribution >= 0.6 is 7.82 Å². The van der Waals surface area contributed by atoms with Gasteiger partial charge in [-0.05, 0) is 0 Å². The van der Waals surface area contributed by atoms with E-state index in [2.05, 4.69) is 9.84 Å². The van der Waals surface area contributed by atoms with Crippen LogP contribution in [0.2, 0.25) is 0 Å². The maximum Gasteiger partial charge on any atom is 0.471 e. The molecule has 5 nitrogen and oxygen atoms in total. The van der Waals surface area contributed by atoms with Gasteiger partial charge in [0.15, 0.2) is 0 Å². The number of hydrogen-bond donors (Lipinski definition) is 3. The fourth-order valence-corrected chi connectivity index (χ4v) is 0.769. The molecule has 0 bridgehead atoms. The molecule has 6 heteroatoms. The van der Waals surface area contributed by atoms with Gasteiger partial charge in [0.25, 0.3) is 0 Å². The summed E-state index contributed by atoms with van der Waals surface area (Å²) in [5.41, 5.74) is 0. The van der Waals surface area contributed by atoms with Crippen molar-refractivity contribution in [2.75, 3.05) is 6.54 Å². The van der Waals surface area contributed by atoms with E-state index >= 15 is 0 Å². The Kier molecular flexibility index (Phi) is 1.38. The first kappa shape index (κ1) is 6.19. The first-order valence-corrected chi connectivity index (χ1v) is 3.58. The lowest BCUT2D eigenvalue weighted by atomic mass is 10.9. The van der Waals surface area contributed by atoms with Gasteiger partial charge in [-0.2, -0.15) is 0 Å². The van der Waals surface area contributed by atoms with E-state index in [9.17, 15) is 4.57 Å². The minimum absolute atomic E-state index is 0.421. The van der Waals surface area contributed by atoms with Crippen LogP contribution in [0.5, 0.6) is 0 Å². The van der Waals surface area contributed by atoms with E-state index < -0.39 is 14.1 Å². The maximum atomic E-state index is 9.91. The van der Waals surface area contributed by atoms with Crippen molar-refractivity contribution in [2.24, 2.45) is 0 Å². The molecule has 1 aliphatic rings. The van der Waals surface area contributed by atoms with Crippen molar-refractivity contribution < 1.29 is 18.9 Å². The molecule has 1 fully saturated rings. The molecule has 0 aromatic heterocycles. The summed E-state index contributed by atoms with van der Waals surface area (Å²) < 4.78 is 14.0. The molecule has 48 valence electrons. The van der Waals surface area contributed by atoms with Crippen LogP contribution in [-0.2, 0) is 9.09 Å². The minimum atomic E-state index is -4.22. The molecule has 0 aromatic rings. The summed E-state index contributed by atoms with van der Waals surface area (Å²) in [4.78, 5) is 16.2. The summed E-state index contributed by atoms with van der Waals surface area (Å²) in [5.74, 6) is 0. The summed E-state index contributed by atoms with van der Waals surface area (Å²) >= 11 is 0. The van der Waals surface area contributed by atoms with Crippen molar-refractivity contribution in [1.82, 2.24) is 5.32 Å². The third-order valence-corrected chi connectivity index (χ3v) is 1.16. The zero-order valence-electron chi connectivity index (χ0n) is 3.94. The van der Waals surface area contributed by atoms with Crippen molar-refractivity contribution in [3.05, 3.63) is 0 Å². The van der Waals surface area contributed by atoms with E-state index in [0.717, 1.165) is 0 Å². The summed E-state index contributed by atoms with van der Waals surface area (Å²) in [6.45, 7) is 0.533. The molecule has 0 saturated carbocycles. The van der Waals surface area contributed by atoms with Crippen molar-refractivity contribution in [3.63, 3.8) is 0 Å². The Labute approximate surface area is 45.9 Å². The van der Waals surface area contributed by atoms with Crippen LogP contribution in [0.4, 0.5) is 0 Å². The molecule has 0 aromatic carbocycles. The Morgan fingerprint density at radius 1 is 1.75 bits per heavy atom. The van der Waals surface area contributed by atoms with E-state index in [0.29, 0.717) is 6.54 Å². The summed E-state index contributed by atoms with van der Waals surface area (Å²) in [6, 6.07) is 0. The third-order valence-electron chi connectivity index (χ3n) is 0.635. The molecule has 0 aliphatic carbocycles. The second kappa shape index (κ2) is 1.79. The molecule has 0 amide bonds. The fraction of sp³-hybridized carbons (Fsp3) is 1.00. The molecule has 1 atom stereocenters. The monoisotopic (exact) mass is 139 g/mol. The Hall–Kier alpha value is 0.0700. The Balaban J connectivity index is 2.26. The fourth-order valence-electron chi connectivity index (χ4n) is 0.288. The smallest absolute Gasteiger partial charge is 0.303 e. The molecule has 8 heavy (non-hydrogen) atoms. The van der Waals surface area contributed by atoms with Crippen LogP contribution in [-0.4, -0.2) is 22.6 Å². The minimum Gasteiger partial charge on any atom is -0.303 e. The highest BCUT2D eigenvalue weighted by molar-refractivity contribution is 7.46. The number of hydrogen-bond acceptors (Lipinski definition) is 3. The molecular formula is C2H6NO4P. The van der Waals surface area contributed by atoms with Gasteiger partial charge in [0, 0.05) is 6.54 Å². The lowest BCUT2D eigenvalue weighted by Crippen LogP contribution is -1.94. The number of nitrogens with one attached hydrogen (secondary N) is 1. The molecule has 0 spiro atoms. The van der Waals surface area contributed by atoms with Gasteiger partial charge in [0.05, 0.1) is 0 Å². The predicted molar refractivity (Wildman–Crippen MR) is 24.9 cm³/mol. The van der Waals surface area contributed by atoms with E-state index in [-0.39, 0.29) is 0 Å². The van der Waals surface area contributed by atoms with Gasteiger partial charge < -0.3 is 9.79 Å². The zero-order valence-corrected chi connectivity index (χ0v) is 4.84. The Morgan fingerprint density at radius 3 is 2.38 bits per heavy atom. The van der Waals surface area contributed by atoms with E-state index in [1.54, 1.807) is 0 Å². The predicted octanol–water partition coefficient (Wildman–Crippen LogP) is -0.975. The highest BCUT2D eigenvalue weighted by Gasteiger charge is 2.29. The molecule has 1 aliphatic heterocycles. The largest absolute Gasteiger partial charge is 0.471 e. The highest BCUT2D eigenvalue weighted by atomic mass is 31.2. The normalized spacial score (nSPS) is 28.0. The van der Waals surface area contributed by atoms with E-state index in [1.807, 2.05) is 0 Å². The van der Waals surface area contributed by atoms with Crippen molar-refractivity contribution in [2.45, 2.75) is 6.23 Å².